The summed E-state index contributed by atoms with van der Waals surface area (Å²) in [5.74, 6) is 1.58. The first kappa shape index (κ1) is 20.6. The van der Waals surface area contributed by atoms with E-state index in [9.17, 15) is 14.9 Å². The van der Waals surface area contributed by atoms with Crippen molar-refractivity contribution >= 4 is 63.3 Å². The fourth-order valence-electron chi connectivity index (χ4n) is 3.23. The second kappa shape index (κ2) is 7.97. The molecule has 8 nitrogen and oxygen atoms in total. The second-order valence-electron chi connectivity index (χ2n) is 6.68. The SMILES string of the molecule is O=C1/C(=C\c2ccc(-c3cc([N+](=O)[O-])ccc3Cl)o2)SC(=S)N1c1ccc2c(c1)OCO2. The van der Waals surface area contributed by atoms with Crippen molar-refractivity contribution in [2.75, 3.05) is 11.7 Å². The smallest absolute Gasteiger partial charge is 0.270 e. The minimum absolute atomic E-state index is 0.105. The van der Waals surface area contributed by atoms with Crippen LogP contribution in [0, 0.1) is 10.1 Å². The number of carbonyl (C=O) groups is 1. The number of furan rings is 1. The molecule has 0 atom stereocenters. The number of carbonyl (C=O) groups excluding carboxylic acids is 1. The molecule has 0 spiro atoms. The third-order valence-electron chi connectivity index (χ3n) is 4.73. The third kappa shape index (κ3) is 3.62. The number of nitro benzene ring substituents is 1. The summed E-state index contributed by atoms with van der Waals surface area (Å²) in [6.07, 6.45) is 1.57. The highest BCUT2D eigenvalue weighted by molar-refractivity contribution is 8.27. The number of hydrogen-bond donors (Lipinski definition) is 0. The number of fused-ring (bicyclic) bond motifs is 1. The summed E-state index contributed by atoms with van der Waals surface area (Å²) >= 11 is 12.7. The molecule has 11 heteroatoms. The number of amides is 1. The first-order chi connectivity index (χ1) is 15.4. The predicted molar refractivity (Wildman–Crippen MR) is 124 cm³/mol. The van der Waals surface area contributed by atoms with E-state index in [1.165, 1.54) is 23.1 Å². The maximum absolute atomic E-state index is 13.0. The van der Waals surface area contributed by atoms with Crippen LogP contribution < -0.4 is 14.4 Å². The number of ether oxygens (including phenoxy) is 2. The van der Waals surface area contributed by atoms with Crippen molar-refractivity contribution in [2.45, 2.75) is 0 Å². The van der Waals surface area contributed by atoms with Gasteiger partial charge >= 0.3 is 0 Å². The van der Waals surface area contributed by atoms with E-state index in [2.05, 4.69) is 0 Å². The molecule has 160 valence electrons. The van der Waals surface area contributed by atoms with E-state index in [-0.39, 0.29) is 18.4 Å². The van der Waals surface area contributed by atoms with Crippen molar-refractivity contribution in [3.05, 3.63) is 74.3 Å². The van der Waals surface area contributed by atoms with Gasteiger partial charge in [0, 0.05) is 29.8 Å². The number of benzene rings is 2. The van der Waals surface area contributed by atoms with Gasteiger partial charge < -0.3 is 13.9 Å². The van der Waals surface area contributed by atoms with Gasteiger partial charge in [0.1, 0.15) is 11.5 Å². The van der Waals surface area contributed by atoms with Gasteiger partial charge in [-0.25, -0.2) is 0 Å². The lowest BCUT2D eigenvalue weighted by Gasteiger charge is -2.14. The van der Waals surface area contributed by atoms with Crippen molar-refractivity contribution in [2.24, 2.45) is 0 Å². The van der Waals surface area contributed by atoms with Gasteiger partial charge in [-0.3, -0.25) is 19.8 Å². The zero-order chi connectivity index (χ0) is 22.4. The van der Waals surface area contributed by atoms with E-state index in [0.29, 0.717) is 48.5 Å². The Labute approximate surface area is 195 Å². The topological polar surface area (TPSA) is 95.0 Å². The van der Waals surface area contributed by atoms with Gasteiger partial charge in [0.25, 0.3) is 11.6 Å². The van der Waals surface area contributed by atoms with E-state index in [1.807, 2.05) is 0 Å². The van der Waals surface area contributed by atoms with Crippen LogP contribution in [-0.4, -0.2) is 21.9 Å². The summed E-state index contributed by atoms with van der Waals surface area (Å²) in [6, 6.07) is 12.5. The molecule has 1 amide bonds. The lowest BCUT2D eigenvalue weighted by Crippen LogP contribution is -2.27. The van der Waals surface area contributed by atoms with Crippen molar-refractivity contribution in [3.8, 4) is 22.8 Å². The number of nitro groups is 1. The van der Waals surface area contributed by atoms with Crippen LogP contribution in [0.15, 0.2) is 57.9 Å². The van der Waals surface area contributed by atoms with Crippen LogP contribution in [0.5, 0.6) is 11.5 Å². The van der Waals surface area contributed by atoms with Crippen LogP contribution in [0.25, 0.3) is 17.4 Å². The number of thiocarbonyl (C=S) groups is 1. The molecule has 5 rings (SSSR count). The van der Waals surface area contributed by atoms with Crippen LogP contribution in [0.1, 0.15) is 5.76 Å². The summed E-state index contributed by atoms with van der Waals surface area (Å²) in [5.41, 5.74) is 0.851. The number of thioether (sulfide) groups is 1. The van der Waals surface area contributed by atoms with E-state index in [1.54, 1.807) is 36.4 Å². The van der Waals surface area contributed by atoms with Gasteiger partial charge in [-0.05, 0) is 30.3 Å². The summed E-state index contributed by atoms with van der Waals surface area (Å²) < 4.78 is 16.8. The number of rotatable bonds is 4. The fraction of sp³-hybridized carbons (Fsp3) is 0.0476. The molecule has 0 aliphatic carbocycles. The molecular formula is C21H11ClN2O6S2. The van der Waals surface area contributed by atoms with E-state index in [4.69, 9.17) is 37.7 Å². The Balaban J connectivity index is 1.43. The Morgan fingerprint density at radius 2 is 1.94 bits per heavy atom. The predicted octanol–water partition coefficient (Wildman–Crippen LogP) is 5.64. The molecule has 0 unspecified atom stereocenters. The number of hydrogen-bond acceptors (Lipinski definition) is 8. The number of non-ortho nitro benzene ring substituents is 1. The van der Waals surface area contributed by atoms with Gasteiger partial charge in [0.05, 0.1) is 20.5 Å². The molecular weight excluding hydrogens is 476 g/mol. The Bertz CT molecular complexity index is 1340. The number of nitrogens with zero attached hydrogens (tertiary/aromatic N) is 2. The molecule has 1 saturated heterocycles. The van der Waals surface area contributed by atoms with Crippen LogP contribution in [-0.2, 0) is 4.79 Å². The maximum Gasteiger partial charge on any atom is 0.270 e. The van der Waals surface area contributed by atoms with E-state index < -0.39 is 4.92 Å². The van der Waals surface area contributed by atoms with Crippen LogP contribution >= 0.6 is 35.6 Å². The monoisotopic (exact) mass is 486 g/mol. The van der Waals surface area contributed by atoms with Gasteiger partial charge in [0.15, 0.2) is 15.8 Å². The number of halogens is 1. The summed E-state index contributed by atoms with van der Waals surface area (Å²) in [7, 11) is 0. The molecule has 2 aliphatic rings. The lowest BCUT2D eigenvalue weighted by molar-refractivity contribution is -0.384. The first-order valence-corrected chi connectivity index (χ1v) is 10.7. The van der Waals surface area contributed by atoms with Gasteiger partial charge in [-0.1, -0.05) is 35.6 Å². The lowest BCUT2D eigenvalue weighted by atomic mass is 10.1. The summed E-state index contributed by atoms with van der Waals surface area (Å²) in [6.45, 7) is 0.131. The Hall–Kier alpha value is -3.34. The Kier molecular flexibility index (Phi) is 5.12. The minimum atomic E-state index is -0.509. The fourth-order valence-corrected chi connectivity index (χ4v) is 4.72. The molecule has 0 N–H and O–H groups in total. The largest absolute Gasteiger partial charge is 0.457 e. The Morgan fingerprint density at radius 1 is 1.12 bits per heavy atom. The van der Waals surface area contributed by atoms with Crippen molar-refractivity contribution in [1.29, 1.82) is 0 Å². The molecule has 0 radical (unpaired) electrons. The summed E-state index contributed by atoms with van der Waals surface area (Å²) in [5, 5.41) is 11.4. The van der Waals surface area contributed by atoms with Crippen molar-refractivity contribution in [1.82, 2.24) is 0 Å². The highest BCUT2D eigenvalue weighted by atomic mass is 35.5. The maximum atomic E-state index is 13.0. The van der Waals surface area contributed by atoms with Crippen LogP contribution in [0.3, 0.4) is 0 Å². The quantitative estimate of drug-likeness (QED) is 0.202. The van der Waals surface area contributed by atoms with Gasteiger partial charge in [-0.15, -0.1) is 0 Å². The van der Waals surface area contributed by atoms with Crippen LogP contribution in [0.4, 0.5) is 11.4 Å². The molecule has 3 aromatic rings. The molecule has 0 bridgehead atoms. The van der Waals surface area contributed by atoms with Crippen molar-refractivity contribution in [3.63, 3.8) is 0 Å². The second-order valence-corrected chi connectivity index (χ2v) is 8.76. The normalized spacial score (nSPS) is 16.3. The molecule has 32 heavy (non-hydrogen) atoms. The van der Waals surface area contributed by atoms with E-state index >= 15 is 0 Å². The minimum Gasteiger partial charge on any atom is -0.457 e. The molecule has 2 aliphatic heterocycles. The molecule has 2 aromatic carbocycles. The molecule has 3 heterocycles. The average molecular weight is 487 g/mol. The molecule has 1 aromatic heterocycles. The summed E-state index contributed by atoms with van der Waals surface area (Å²) in [4.78, 5) is 25.3. The molecule has 1 fully saturated rings. The third-order valence-corrected chi connectivity index (χ3v) is 6.37. The Morgan fingerprint density at radius 3 is 2.75 bits per heavy atom. The van der Waals surface area contributed by atoms with E-state index in [0.717, 1.165) is 11.8 Å². The zero-order valence-electron chi connectivity index (χ0n) is 15.9. The zero-order valence-corrected chi connectivity index (χ0v) is 18.3. The number of anilines is 1. The van der Waals surface area contributed by atoms with Crippen LogP contribution in [0.2, 0.25) is 5.02 Å². The highest BCUT2D eigenvalue weighted by Crippen LogP contribution is 2.41. The van der Waals surface area contributed by atoms with Crippen molar-refractivity contribution < 1.29 is 23.6 Å². The molecule has 0 saturated carbocycles. The standard InChI is InChI=1S/C21H11ClN2O6S2/c22-15-4-1-12(24(26)27)7-14(15)16-6-3-13(30-16)9-19-20(25)23(21(31)32-19)11-2-5-17-18(8-11)29-10-28-17/h1-9H,10H2/b19-9+. The average Bonchev–Trinajstić information content (AvgIpc) is 3.48. The highest BCUT2D eigenvalue weighted by Gasteiger charge is 2.34. The van der Waals surface area contributed by atoms with Gasteiger partial charge in [-0.2, -0.15) is 0 Å². The van der Waals surface area contributed by atoms with Gasteiger partial charge in [0.2, 0.25) is 6.79 Å². The first-order valence-electron chi connectivity index (χ1n) is 9.12.